The van der Waals surface area contributed by atoms with E-state index in [1.807, 2.05) is 32.0 Å². The minimum Gasteiger partial charge on any atom is -0.341 e. The number of nitrogens with zero attached hydrogens (tertiary/aromatic N) is 1. The van der Waals surface area contributed by atoms with Crippen molar-refractivity contribution in [3.63, 3.8) is 0 Å². The van der Waals surface area contributed by atoms with Crippen LogP contribution in [0.1, 0.15) is 29.9 Å². The highest BCUT2D eigenvalue weighted by atomic mass is 79.9. The number of aromatic nitrogens is 1. The SMILES string of the molecule is CC(C)(NC(=O)c1c(Cl)cccc1Br)c1ccccn1. The van der Waals surface area contributed by atoms with Gasteiger partial charge < -0.3 is 5.32 Å². The van der Waals surface area contributed by atoms with Crippen LogP contribution in [-0.2, 0) is 5.54 Å². The molecular formula is C15H14BrClN2O. The van der Waals surface area contributed by atoms with Gasteiger partial charge in [0.05, 0.1) is 21.8 Å². The average Bonchev–Trinajstić information content (AvgIpc) is 2.39. The Morgan fingerprint density at radius 3 is 2.60 bits per heavy atom. The predicted molar refractivity (Wildman–Crippen MR) is 83.9 cm³/mol. The van der Waals surface area contributed by atoms with Crippen LogP contribution in [0.15, 0.2) is 47.1 Å². The Balaban J connectivity index is 2.28. The second kappa shape index (κ2) is 5.94. The molecule has 1 aromatic carbocycles. The fourth-order valence-electron chi connectivity index (χ4n) is 1.86. The highest BCUT2D eigenvalue weighted by molar-refractivity contribution is 9.10. The molecule has 0 radical (unpaired) electrons. The largest absolute Gasteiger partial charge is 0.341 e. The van der Waals surface area contributed by atoms with Crippen LogP contribution < -0.4 is 5.32 Å². The standard InChI is InChI=1S/C15H14BrClN2O/c1-15(2,12-8-3-4-9-18-12)19-14(20)13-10(16)6-5-7-11(13)17/h3-9H,1-2H3,(H,19,20). The molecule has 5 heteroatoms. The fourth-order valence-corrected chi connectivity index (χ4v) is 2.78. The molecule has 1 N–H and O–H groups in total. The molecule has 0 bridgehead atoms. The van der Waals surface area contributed by atoms with Gasteiger partial charge in [-0.05, 0) is 54.0 Å². The van der Waals surface area contributed by atoms with E-state index in [-0.39, 0.29) is 5.91 Å². The zero-order valence-electron chi connectivity index (χ0n) is 11.2. The van der Waals surface area contributed by atoms with Crippen molar-refractivity contribution < 1.29 is 4.79 Å². The predicted octanol–water partition coefficient (Wildman–Crippen LogP) is 4.16. The van der Waals surface area contributed by atoms with Crippen LogP contribution in [0.25, 0.3) is 0 Å². The molecule has 0 atom stereocenters. The molecular weight excluding hydrogens is 340 g/mol. The van der Waals surface area contributed by atoms with Crippen LogP contribution in [0.3, 0.4) is 0 Å². The number of hydrogen-bond acceptors (Lipinski definition) is 2. The molecule has 0 aliphatic heterocycles. The summed E-state index contributed by atoms with van der Waals surface area (Å²) in [6, 6.07) is 10.9. The van der Waals surface area contributed by atoms with Gasteiger partial charge in [-0.1, -0.05) is 23.7 Å². The number of carbonyl (C=O) groups is 1. The van der Waals surface area contributed by atoms with Crippen molar-refractivity contribution in [1.29, 1.82) is 0 Å². The molecule has 1 amide bonds. The maximum atomic E-state index is 12.4. The van der Waals surface area contributed by atoms with E-state index in [0.717, 1.165) is 5.69 Å². The van der Waals surface area contributed by atoms with Gasteiger partial charge >= 0.3 is 0 Å². The summed E-state index contributed by atoms with van der Waals surface area (Å²) < 4.78 is 0.666. The van der Waals surface area contributed by atoms with Crippen molar-refractivity contribution in [2.45, 2.75) is 19.4 Å². The van der Waals surface area contributed by atoms with Gasteiger partial charge in [-0.3, -0.25) is 9.78 Å². The van der Waals surface area contributed by atoms with Gasteiger partial charge in [0, 0.05) is 10.7 Å². The van der Waals surface area contributed by atoms with Gasteiger partial charge in [-0.2, -0.15) is 0 Å². The Labute approximate surface area is 131 Å². The maximum absolute atomic E-state index is 12.4. The maximum Gasteiger partial charge on any atom is 0.254 e. The summed E-state index contributed by atoms with van der Waals surface area (Å²) in [5, 5.41) is 3.37. The summed E-state index contributed by atoms with van der Waals surface area (Å²) in [5.41, 5.74) is 0.631. The van der Waals surface area contributed by atoms with Crippen LogP contribution in [0.2, 0.25) is 5.02 Å². The average molecular weight is 354 g/mol. The van der Waals surface area contributed by atoms with Crippen molar-refractivity contribution in [1.82, 2.24) is 10.3 Å². The lowest BCUT2D eigenvalue weighted by Gasteiger charge is -2.26. The molecule has 2 rings (SSSR count). The smallest absolute Gasteiger partial charge is 0.254 e. The summed E-state index contributed by atoms with van der Waals surface area (Å²) in [5.74, 6) is -0.238. The molecule has 0 aliphatic rings. The number of carbonyl (C=O) groups excluding carboxylic acids is 1. The van der Waals surface area contributed by atoms with E-state index < -0.39 is 5.54 Å². The summed E-state index contributed by atoms with van der Waals surface area (Å²) in [6.45, 7) is 3.80. The quantitative estimate of drug-likeness (QED) is 0.900. The van der Waals surface area contributed by atoms with Crippen LogP contribution in [0.5, 0.6) is 0 Å². The Morgan fingerprint density at radius 2 is 2.00 bits per heavy atom. The minimum absolute atomic E-state index is 0.238. The van der Waals surface area contributed by atoms with Crippen molar-refractivity contribution in [3.05, 3.63) is 63.3 Å². The molecule has 3 nitrogen and oxygen atoms in total. The molecule has 0 fully saturated rings. The Morgan fingerprint density at radius 1 is 1.25 bits per heavy atom. The first-order valence-electron chi connectivity index (χ1n) is 6.10. The van der Waals surface area contributed by atoms with Crippen molar-refractivity contribution in [3.8, 4) is 0 Å². The van der Waals surface area contributed by atoms with E-state index >= 15 is 0 Å². The van der Waals surface area contributed by atoms with E-state index in [1.54, 1.807) is 24.4 Å². The highest BCUT2D eigenvalue weighted by Crippen LogP contribution is 2.26. The molecule has 0 unspecified atom stereocenters. The molecule has 2 aromatic rings. The van der Waals surface area contributed by atoms with E-state index in [2.05, 4.69) is 26.2 Å². The van der Waals surface area contributed by atoms with Crippen LogP contribution >= 0.6 is 27.5 Å². The lowest BCUT2D eigenvalue weighted by molar-refractivity contribution is 0.0909. The monoisotopic (exact) mass is 352 g/mol. The first kappa shape index (κ1) is 15.0. The topological polar surface area (TPSA) is 42.0 Å². The van der Waals surface area contributed by atoms with Crippen LogP contribution in [0.4, 0.5) is 0 Å². The lowest BCUT2D eigenvalue weighted by atomic mass is 9.99. The summed E-state index contributed by atoms with van der Waals surface area (Å²) in [7, 11) is 0. The zero-order valence-corrected chi connectivity index (χ0v) is 13.5. The van der Waals surface area contributed by atoms with Gasteiger partial charge in [-0.25, -0.2) is 0 Å². The summed E-state index contributed by atoms with van der Waals surface area (Å²) in [4.78, 5) is 16.7. The number of hydrogen-bond donors (Lipinski definition) is 1. The summed E-state index contributed by atoms with van der Waals surface area (Å²) in [6.07, 6.45) is 1.70. The Bertz CT molecular complexity index is 609. The van der Waals surface area contributed by atoms with E-state index in [4.69, 9.17) is 11.6 Å². The van der Waals surface area contributed by atoms with Crippen molar-refractivity contribution >= 4 is 33.4 Å². The van der Waals surface area contributed by atoms with Crippen molar-refractivity contribution in [2.24, 2.45) is 0 Å². The second-order valence-electron chi connectivity index (χ2n) is 4.89. The fraction of sp³-hybridized carbons (Fsp3) is 0.200. The number of rotatable bonds is 3. The lowest BCUT2D eigenvalue weighted by Crippen LogP contribution is -2.41. The highest BCUT2D eigenvalue weighted by Gasteiger charge is 2.26. The van der Waals surface area contributed by atoms with Crippen molar-refractivity contribution in [2.75, 3.05) is 0 Å². The molecule has 20 heavy (non-hydrogen) atoms. The third-order valence-corrected chi connectivity index (χ3v) is 3.90. The third kappa shape index (κ3) is 3.19. The normalized spacial score (nSPS) is 11.2. The molecule has 104 valence electrons. The van der Waals surface area contributed by atoms with Crippen LogP contribution in [-0.4, -0.2) is 10.9 Å². The number of benzene rings is 1. The van der Waals surface area contributed by atoms with Gasteiger partial charge in [-0.15, -0.1) is 0 Å². The second-order valence-corrected chi connectivity index (χ2v) is 6.15. The van der Waals surface area contributed by atoms with Gasteiger partial charge in [0.2, 0.25) is 0 Å². The molecule has 0 spiro atoms. The molecule has 0 aliphatic carbocycles. The Hall–Kier alpha value is -1.39. The van der Waals surface area contributed by atoms with E-state index in [0.29, 0.717) is 15.1 Å². The van der Waals surface area contributed by atoms with E-state index in [1.165, 1.54) is 0 Å². The van der Waals surface area contributed by atoms with Gasteiger partial charge in [0.25, 0.3) is 5.91 Å². The Kier molecular flexibility index (Phi) is 4.45. The summed E-state index contributed by atoms with van der Waals surface area (Å²) >= 11 is 9.44. The first-order valence-corrected chi connectivity index (χ1v) is 7.27. The molecule has 1 heterocycles. The first-order chi connectivity index (χ1) is 9.42. The van der Waals surface area contributed by atoms with E-state index in [9.17, 15) is 4.79 Å². The molecule has 1 aromatic heterocycles. The number of nitrogens with one attached hydrogen (secondary N) is 1. The number of amides is 1. The van der Waals surface area contributed by atoms with Gasteiger partial charge in [0.1, 0.15) is 0 Å². The minimum atomic E-state index is -0.586. The molecule has 0 saturated carbocycles. The third-order valence-electron chi connectivity index (χ3n) is 2.92. The molecule has 0 saturated heterocycles. The number of halogens is 2. The van der Waals surface area contributed by atoms with Gasteiger partial charge in [0.15, 0.2) is 0 Å². The number of pyridine rings is 1. The zero-order chi connectivity index (χ0) is 14.8. The van der Waals surface area contributed by atoms with Crippen LogP contribution in [0, 0.1) is 0 Å².